The molecule has 1 saturated heterocycles. The summed E-state index contributed by atoms with van der Waals surface area (Å²) in [6.07, 6.45) is -3.30. The van der Waals surface area contributed by atoms with Gasteiger partial charge in [0.2, 0.25) is 5.91 Å². The van der Waals surface area contributed by atoms with Crippen molar-refractivity contribution in [3.63, 3.8) is 0 Å². The predicted octanol–water partition coefficient (Wildman–Crippen LogP) is 4.76. The first-order valence-corrected chi connectivity index (χ1v) is 10.3. The van der Waals surface area contributed by atoms with Gasteiger partial charge in [0.1, 0.15) is 0 Å². The number of nitrogens with one attached hydrogen (secondary N) is 2. The lowest BCUT2D eigenvalue weighted by Gasteiger charge is -2.27. The smallest absolute Gasteiger partial charge is 0.355 e. The van der Waals surface area contributed by atoms with Crippen LogP contribution in [0.2, 0.25) is 0 Å². The molecule has 0 spiro atoms. The molecule has 1 aliphatic rings. The molecule has 1 aliphatic heterocycles. The second-order valence-corrected chi connectivity index (χ2v) is 7.78. The molecule has 158 valence electrons. The Labute approximate surface area is 176 Å². The van der Waals surface area contributed by atoms with Crippen LogP contribution in [0.4, 0.5) is 30.2 Å². The zero-order chi connectivity index (χ0) is 21.7. The number of hydrogen-bond acceptors (Lipinski definition) is 4. The number of alkyl halides is 3. The predicted molar refractivity (Wildman–Crippen MR) is 113 cm³/mol. The Balaban J connectivity index is 1.90. The molecular formula is C21H20F3N3O2S. The van der Waals surface area contributed by atoms with Crippen LogP contribution >= 0.6 is 11.8 Å². The maximum absolute atomic E-state index is 13.1. The van der Waals surface area contributed by atoms with Gasteiger partial charge in [-0.15, -0.1) is 0 Å². The van der Waals surface area contributed by atoms with Crippen molar-refractivity contribution < 1.29 is 22.8 Å². The maximum Gasteiger partial charge on any atom is 0.416 e. The van der Waals surface area contributed by atoms with Crippen molar-refractivity contribution in [2.45, 2.75) is 6.18 Å². The molecular weight excluding hydrogens is 415 g/mol. The van der Waals surface area contributed by atoms with Crippen LogP contribution in [0.25, 0.3) is 0 Å². The van der Waals surface area contributed by atoms with Crippen molar-refractivity contribution >= 4 is 40.6 Å². The van der Waals surface area contributed by atoms with Crippen molar-refractivity contribution in [2.24, 2.45) is 0 Å². The molecule has 2 N–H and O–H groups in total. The number of carbonyl (C=O) groups excluding carboxylic acids is 2. The molecule has 1 fully saturated rings. The van der Waals surface area contributed by atoms with Gasteiger partial charge in [-0.3, -0.25) is 9.59 Å². The number of anilines is 3. The Morgan fingerprint density at radius 3 is 2.27 bits per heavy atom. The zero-order valence-corrected chi connectivity index (χ0v) is 16.8. The lowest BCUT2D eigenvalue weighted by molar-refractivity contribution is -0.137. The summed E-state index contributed by atoms with van der Waals surface area (Å²) in [6.45, 7) is 4.61. The Morgan fingerprint density at radius 2 is 1.67 bits per heavy atom. The fourth-order valence-electron chi connectivity index (χ4n) is 2.94. The van der Waals surface area contributed by atoms with Gasteiger partial charge in [0.25, 0.3) is 5.91 Å². The van der Waals surface area contributed by atoms with Gasteiger partial charge < -0.3 is 15.5 Å². The summed E-state index contributed by atoms with van der Waals surface area (Å²) >= 11 is 1.77. The summed E-state index contributed by atoms with van der Waals surface area (Å²) in [5.74, 6) is 1.05. The van der Waals surface area contributed by atoms with Gasteiger partial charge in [-0.1, -0.05) is 6.58 Å². The van der Waals surface area contributed by atoms with Gasteiger partial charge in [-0.25, -0.2) is 0 Å². The molecule has 2 aromatic rings. The third-order valence-electron chi connectivity index (χ3n) is 4.49. The van der Waals surface area contributed by atoms with Crippen LogP contribution in [0.15, 0.2) is 55.1 Å². The second kappa shape index (κ2) is 9.25. The highest BCUT2D eigenvalue weighted by Gasteiger charge is 2.30. The van der Waals surface area contributed by atoms with E-state index >= 15 is 0 Å². The number of nitrogens with zero attached hydrogens (tertiary/aromatic N) is 1. The lowest BCUT2D eigenvalue weighted by Crippen LogP contribution is -2.38. The Hall–Kier alpha value is -2.94. The topological polar surface area (TPSA) is 61.4 Å². The van der Waals surface area contributed by atoms with E-state index in [0.717, 1.165) is 29.7 Å². The molecule has 0 atom stereocenters. The molecule has 0 bridgehead atoms. The van der Waals surface area contributed by atoms with E-state index in [2.05, 4.69) is 17.2 Å². The molecule has 1 heterocycles. The van der Waals surface area contributed by atoms with Gasteiger partial charge in [-0.05, 0) is 48.5 Å². The number of halogens is 3. The highest BCUT2D eigenvalue weighted by atomic mass is 32.2. The molecule has 30 heavy (non-hydrogen) atoms. The summed E-state index contributed by atoms with van der Waals surface area (Å²) < 4.78 is 38.4. The summed E-state index contributed by atoms with van der Waals surface area (Å²) in [5.41, 5.74) is 0.845. The number of rotatable bonds is 5. The zero-order valence-electron chi connectivity index (χ0n) is 16.0. The minimum absolute atomic E-state index is 0.209. The Bertz CT molecular complexity index is 940. The minimum atomic E-state index is -4.42. The standard InChI is InChI=1S/C21H20F3N3O2S/c1-2-19(28)26-16-7-8-18(17(13-16)20(29)27-9-11-30-12-10-27)25-15-5-3-14(4-6-15)21(22,23)24/h2-8,13,25H,1,9-12H2,(H,26,28). The second-order valence-electron chi connectivity index (χ2n) is 6.56. The van der Waals surface area contributed by atoms with Crippen LogP contribution in [-0.2, 0) is 11.0 Å². The maximum atomic E-state index is 13.1. The van der Waals surface area contributed by atoms with Crippen LogP contribution in [0.3, 0.4) is 0 Å². The highest BCUT2D eigenvalue weighted by Crippen LogP contribution is 2.31. The van der Waals surface area contributed by atoms with Gasteiger partial charge >= 0.3 is 6.18 Å². The van der Waals surface area contributed by atoms with Crippen LogP contribution in [0, 0.1) is 0 Å². The minimum Gasteiger partial charge on any atom is -0.355 e. The fraction of sp³-hybridized carbons (Fsp3) is 0.238. The van der Waals surface area contributed by atoms with Crippen molar-refractivity contribution in [3.05, 3.63) is 66.2 Å². The van der Waals surface area contributed by atoms with Crippen molar-refractivity contribution in [1.29, 1.82) is 0 Å². The molecule has 0 saturated carbocycles. The first-order valence-electron chi connectivity index (χ1n) is 9.16. The van der Waals surface area contributed by atoms with E-state index in [1.165, 1.54) is 12.1 Å². The molecule has 0 aromatic heterocycles. The van der Waals surface area contributed by atoms with Crippen LogP contribution < -0.4 is 10.6 Å². The van der Waals surface area contributed by atoms with Crippen molar-refractivity contribution in [2.75, 3.05) is 35.2 Å². The van der Waals surface area contributed by atoms with E-state index in [1.54, 1.807) is 34.9 Å². The lowest BCUT2D eigenvalue weighted by atomic mass is 10.1. The summed E-state index contributed by atoms with van der Waals surface area (Å²) in [6, 6.07) is 9.34. The molecule has 2 aromatic carbocycles. The van der Waals surface area contributed by atoms with Gasteiger partial charge in [0.05, 0.1) is 16.8 Å². The number of amides is 2. The average molecular weight is 435 g/mol. The average Bonchev–Trinajstić information content (AvgIpc) is 2.74. The molecule has 2 amide bonds. The largest absolute Gasteiger partial charge is 0.416 e. The van der Waals surface area contributed by atoms with E-state index in [9.17, 15) is 22.8 Å². The van der Waals surface area contributed by atoms with E-state index < -0.39 is 17.6 Å². The van der Waals surface area contributed by atoms with E-state index in [0.29, 0.717) is 35.7 Å². The molecule has 0 aliphatic carbocycles. The summed E-state index contributed by atoms with van der Waals surface area (Å²) in [7, 11) is 0. The Kier molecular flexibility index (Phi) is 6.71. The molecule has 5 nitrogen and oxygen atoms in total. The quantitative estimate of drug-likeness (QED) is 0.665. The molecule has 0 radical (unpaired) electrons. The fourth-order valence-corrected chi connectivity index (χ4v) is 3.84. The van der Waals surface area contributed by atoms with Gasteiger partial charge in [0, 0.05) is 36.0 Å². The van der Waals surface area contributed by atoms with E-state index in [1.807, 2.05) is 0 Å². The number of thioether (sulfide) groups is 1. The molecule has 0 unspecified atom stereocenters. The third kappa shape index (κ3) is 5.35. The normalized spacial score (nSPS) is 14.2. The third-order valence-corrected chi connectivity index (χ3v) is 5.43. The van der Waals surface area contributed by atoms with Gasteiger partial charge in [0.15, 0.2) is 0 Å². The Morgan fingerprint density at radius 1 is 1.03 bits per heavy atom. The van der Waals surface area contributed by atoms with Crippen molar-refractivity contribution in [1.82, 2.24) is 4.90 Å². The van der Waals surface area contributed by atoms with E-state index in [4.69, 9.17) is 0 Å². The monoisotopic (exact) mass is 435 g/mol. The summed E-state index contributed by atoms with van der Waals surface area (Å²) in [5, 5.41) is 5.63. The van der Waals surface area contributed by atoms with Crippen LogP contribution in [-0.4, -0.2) is 41.3 Å². The van der Waals surface area contributed by atoms with Crippen LogP contribution in [0.5, 0.6) is 0 Å². The van der Waals surface area contributed by atoms with E-state index in [-0.39, 0.29) is 5.91 Å². The molecule has 9 heteroatoms. The first kappa shape index (κ1) is 21.8. The SMILES string of the molecule is C=CC(=O)Nc1ccc(Nc2ccc(C(F)(F)F)cc2)c(C(=O)N2CCSCC2)c1. The number of hydrogen-bond donors (Lipinski definition) is 2. The first-order chi connectivity index (χ1) is 14.3. The van der Waals surface area contributed by atoms with Crippen molar-refractivity contribution in [3.8, 4) is 0 Å². The summed E-state index contributed by atoms with van der Waals surface area (Å²) in [4.78, 5) is 26.4. The number of benzene rings is 2. The van der Waals surface area contributed by atoms with Crippen LogP contribution in [0.1, 0.15) is 15.9 Å². The highest BCUT2D eigenvalue weighted by molar-refractivity contribution is 7.99. The van der Waals surface area contributed by atoms with Gasteiger partial charge in [-0.2, -0.15) is 24.9 Å². The number of carbonyl (C=O) groups is 2. The molecule has 3 rings (SSSR count).